The van der Waals surface area contributed by atoms with Crippen LogP contribution in [0.4, 0.5) is 5.13 Å². The van der Waals surface area contributed by atoms with Gasteiger partial charge in [0.25, 0.3) is 0 Å². The third-order valence-corrected chi connectivity index (χ3v) is 5.04. The number of hydrogen-bond acceptors (Lipinski definition) is 5. The predicted molar refractivity (Wildman–Crippen MR) is 80.7 cm³/mol. The first-order valence-electron chi connectivity index (χ1n) is 7.27. The Morgan fingerprint density at radius 3 is 3.15 bits per heavy atom. The van der Waals surface area contributed by atoms with Gasteiger partial charge in [-0.25, -0.2) is 4.98 Å². The Bertz CT molecular complexity index is 627. The van der Waals surface area contributed by atoms with Crippen molar-refractivity contribution in [2.75, 3.05) is 11.9 Å². The molecule has 3 heterocycles. The van der Waals surface area contributed by atoms with Crippen LogP contribution < -0.4 is 10.1 Å². The maximum absolute atomic E-state index is 5.88. The highest BCUT2D eigenvalue weighted by atomic mass is 32.1. The van der Waals surface area contributed by atoms with E-state index in [-0.39, 0.29) is 0 Å². The zero-order valence-corrected chi connectivity index (χ0v) is 12.3. The molecule has 0 spiro atoms. The molecule has 0 saturated carbocycles. The molecule has 0 aliphatic carbocycles. The summed E-state index contributed by atoms with van der Waals surface area (Å²) in [6.07, 6.45) is 4.37. The van der Waals surface area contributed by atoms with Crippen molar-refractivity contribution in [2.45, 2.75) is 44.4 Å². The number of benzene rings is 1. The summed E-state index contributed by atoms with van der Waals surface area (Å²) in [5.74, 6) is 0.915. The molecule has 0 amide bonds. The quantitative estimate of drug-likeness (QED) is 0.937. The third-order valence-electron chi connectivity index (χ3n) is 4.09. The maximum Gasteiger partial charge on any atom is 0.184 e. The summed E-state index contributed by atoms with van der Waals surface area (Å²) in [7, 11) is 0. The summed E-state index contributed by atoms with van der Waals surface area (Å²) < 4.78 is 12.6. The van der Waals surface area contributed by atoms with Gasteiger partial charge in [0.2, 0.25) is 0 Å². The Morgan fingerprint density at radius 1 is 1.45 bits per heavy atom. The molecule has 2 fully saturated rings. The Kier molecular flexibility index (Phi) is 3.04. The first-order valence-corrected chi connectivity index (χ1v) is 8.09. The van der Waals surface area contributed by atoms with E-state index in [1.807, 2.05) is 19.1 Å². The van der Waals surface area contributed by atoms with Gasteiger partial charge in [0.15, 0.2) is 5.13 Å². The molecule has 3 atom stereocenters. The molecule has 2 aromatic rings. The highest BCUT2D eigenvalue weighted by Gasteiger charge is 2.40. The minimum absolute atomic E-state index is 0.381. The highest BCUT2D eigenvalue weighted by Crippen LogP contribution is 2.37. The molecule has 2 aliphatic rings. The fourth-order valence-electron chi connectivity index (χ4n) is 3.17. The van der Waals surface area contributed by atoms with Gasteiger partial charge in [-0.1, -0.05) is 11.3 Å². The fraction of sp³-hybridized carbons (Fsp3) is 0.533. The number of fused-ring (bicyclic) bond motifs is 3. The minimum Gasteiger partial charge on any atom is -0.494 e. The molecule has 3 unspecified atom stereocenters. The molecular weight excluding hydrogens is 272 g/mol. The van der Waals surface area contributed by atoms with Crippen LogP contribution in [0.25, 0.3) is 10.2 Å². The second-order valence-corrected chi connectivity index (χ2v) is 6.47. The van der Waals surface area contributed by atoms with Crippen molar-refractivity contribution >= 4 is 26.7 Å². The molecule has 4 rings (SSSR count). The lowest BCUT2D eigenvalue weighted by molar-refractivity contribution is 0.102. The number of nitrogens with zero attached hydrogens (tertiary/aromatic N) is 1. The van der Waals surface area contributed by atoms with E-state index in [4.69, 9.17) is 9.47 Å². The Hall–Kier alpha value is -1.33. The molecule has 4 nitrogen and oxygen atoms in total. The number of ether oxygens (including phenoxy) is 2. The van der Waals surface area contributed by atoms with E-state index in [9.17, 15) is 0 Å². The molecule has 20 heavy (non-hydrogen) atoms. The lowest BCUT2D eigenvalue weighted by atomic mass is 9.96. The fourth-order valence-corrected chi connectivity index (χ4v) is 4.13. The average molecular weight is 290 g/mol. The first-order chi connectivity index (χ1) is 9.81. The van der Waals surface area contributed by atoms with Crippen LogP contribution in [0, 0.1) is 0 Å². The molecule has 1 aromatic carbocycles. The van der Waals surface area contributed by atoms with E-state index in [0.717, 1.165) is 22.8 Å². The number of aromatic nitrogens is 1. The summed E-state index contributed by atoms with van der Waals surface area (Å²) in [5.41, 5.74) is 1.03. The topological polar surface area (TPSA) is 43.4 Å². The molecular formula is C15H18N2O2S. The van der Waals surface area contributed by atoms with Gasteiger partial charge in [0.1, 0.15) is 5.75 Å². The standard InChI is InChI=1S/C15H18N2O2S/c1-2-18-9-3-5-11-14(8-9)20-15(16-11)17-12-7-10-4-6-13(12)19-10/h3,5,8,10,12-13H,2,4,6-7H2,1H3,(H,16,17). The van der Waals surface area contributed by atoms with Crippen LogP contribution in [0.15, 0.2) is 18.2 Å². The Morgan fingerprint density at radius 2 is 2.40 bits per heavy atom. The van der Waals surface area contributed by atoms with Crippen LogP contribution in [-0.4, -0.2) is 29.8 Å². The summed E-state index contributed by atoms with van der Waals surface area (Å²) in [6.45, 7) is 2.69. The van der Waals surface area contributed by atoms with Gasteiger partial charge in [-0.2, -0.15) is 0 Å². The molecule has 5 heteroatoms. The van der Waals surface area contributed by atoms with E-state index >= 15 is 0 Å². The molecule has 2 aliphatic heterocycles. The summed E-state index contributed by atoms with van der Waals surface area (Å²) in [5, 5.41) is 4.55. The summed E-state index contributed by atoms with van der Waals surface area (Å²) in [4.78, 5) is 4.66. The van der Waals surface area contributed by atoms with Crippen molar-refractivity contribution in [3.8, 4) is 5.75 Å². The van der Waals surface area contributed by atoms with E-state index in [2.05, 4.69) is 16.4 Å². The molecule has 2 saturated heterocycles. The monoisotopic (exact) mass is 290 g/mol. The smallest absolute Gasteiger partial charge is 0.184 e. The zero-order valence-electron chi connectivity index (χ0n) is 11.5. The number of nitrogens with one attached hydrogen (secondary N) is 1. The third kappa shape index (κ3) is 2.15. The lowest BCUT2D eigenvalue weighted by Gasteiger charge is -2.19. The van der Waals surface area contributed by atoms with Crippen molar-refractivity contribution in [3.05, 3.63) is 18.2 Å². The Balaban J connectivity index is 1.54. The number of hydrogen-bond donors (Lipinski definition) is 1. The van der Waals surface area contributed by atoms with E-state index < -0.39 is 0 Å². The van der Waals surface area contributed by atoms with Crippen molar-refractivity contribution < 1.29 is 9.47 Å². The molecule has 106 valence electrons. The van der Waals surface area contributed by atoms with Crippen molar-refractivity contribution in [1.82, 2.24) is 4.98 Å². The van der Waals surface area contributed by atoms with Crippen molar-refractivity contribution in [2.24, 2.45) is 0 Å². The number of thiazole rings is 1. The molecule has 1 aromatic heterocycles. The van der Waals surface area contributed by atoms with Crippen molar-refractivity contribution in [3.63, 3.8) is 0 Å². The zero-order chi connectivity index (χ0) is 13.5. The second kappa shape index (κ2) is 4.90. The SMILES string of the molecule is CCOc1ccc2nc(NC3CC4CCC3O4)sc2c1. The van der Waals surface area contributed by atoms with Crippen LogP contribution in [0.1, 0.15) is 26.2 Å². The summed E-state index contributed by atoms with van der Waals surface area (Å²) >= 11 is 1.69. The van der Waals surface area contributed by atoms with Crippen LogP contribution >= 0.6 is 11.3 Å². The van der Waals surface area contributed by atoms with Gasteiger partial charge in [0.05, 0.1) is 35.1 Å². The number of rotatable bonds is 4. The Labute approximate surface area is 122 Å². The van der Waals surface area contributed by atoms with Crippen molar-refractivity contribution in [1.29, 1.82) is 0 Å². The average Bonchev–Trinajstić information content (AvgIpc) is 3.12. The van der Waals surface area contributed by atoms with E-state index in [0.29, 0.717) is 24.9 Å². The molecule has 2 bridgehead atoms. The van der Waals surface area contributed by atoms with Gasteiger partial charge in [0, 0.05) is 0 Å². The highest BCUT2D eigenvalue weighted by molar-refractivity contribution is 7.22. The molecule has 0 radical (unpaired) electrons. The lowest BCUT2D eigenvalue weighted by Crippen LogP contribution is -2.30. The van der Waals surface area contributed by atoms with Crippen LogP contribution in [-0.2, 0) is 4.74 Å². The van der Waals surface area contributed by atoms with E-state index in [1.54, 1.807) is 11.3 Å². The normalized spacial score (nSPS) is 28.1. The largest absolute Gasteiger partial charge is 0.494 e. The molecule has 1 N–H and O–H groups in total. The van der Waals surface area contributed by atoms with Gasteiger partial charge >= 0.3 is 0 Å². The number of anilines is 1. The van der Waals surface area contributed by atoms with Crippen LogP contribution in [0.5, 0.6) is 5.75 Å². The van der Waals surface area contributed by atoms with Gasteiger partial charge in [-0.15, -0.1) is 0 Å². The van der Waals surface area contributed by atoms with Gasteiger partial charge < -0.3 is 14.8 Å². The minimum atomic E-state index is 0.381. The van der Waals surface area contributed by atoms with Gasteiger partial charge in [-0.05, 0) is 44.4 Å². The van der Waals surface area contributed by atoms with E-state index in [1.165, 1.54) is 17.5 Å². The van der Waals surface area contributed by atoms with Crippen LogP contribution in [0.3, 0.4) is 0 Å². The first kappa shape index (κ1) is 12.4. The van der Waals surface area contributed by atoms with Gasteiger partial charge in [-0.3, -0.25) is 0 Å². The second-order valence-electron chi connectivity index (χ2n) is 5.44. The summed E-state index contributed by atoms with van der Waals surface area (Å²) in [6, 6.07) is 6.51. The van der Waals surface area contributed by atoms with Crippen LogP contribution in [0.2, 0.25) is 0 Å². The maximum atomic E-state index is 5.88. The predicted octanol–water partition coefficient (Wildman–Crippen LogP) is 3.43.